The number of nitrogens with one attached hydrogen (secondary N) is 1. The molecule has 27 heavy (non-hydrogen) atoms. The van der Waals surface area contributed by atoms with Gasteiger partial charge in [-0.05, 0) is 30.5 Å². The average Bonchev–Trinajstić information content (AvgIpc) is 3.47. The molecule has 142 valence electrons. The number of hydrogen-bond donors (Lipinski definition) is 1. The highest BCUT2D eigenvalue weighted by atomic mass is 32.1. The molecular weight excluding hydrogens is 362 g/mol. The van der Waals surface area contributed by atoms with Gasteiger partial charge in [-0.25, -0.2) is 0 Å². The van der Waals surface area contributed by atoms with Gasteiger partial charge in [-0.1, -0.05) is 6.07 Å². The van der Waals surface area contributed by atoms with E-state index in [4.69, 9.17) is 13.9 Å². The van der Waals surface area contributed by atoms with Crippen LogP contribution < -0.4 is 14.4 Å². The fourth-order valence-corrected chi connectivity index (χ4v) is 4.56. The zero-order chi connectivity index (χ0) is 18.8. The van der Waals surface area contributed by atoms with Gasteiger partial charge in [0.25, 0.3) is 11.8 Å². The summed E-state index contributed by atoms with van der Waals surface area (Å²) in [7, 11) is 3.38. The fraction of sp³-hybridized carbons (Fsp3) is 0.400. The Morgan fingerprint density at radius 2 is 2.11 bits per heavy atom. The highest BCUT2D eigenvalue weighted by Crippen LogP contribution is 2.33. The lowest BCUT2D eigenvalue weighted by Gasteiger charge is -2.27. The molecule has 1 aromatic carbocycles. The van der Waals surface area contributed by atoms with E-state index >= 15 is 0 Å². The molecular formula is C20H24N3O3S+. The second kappa shape index (κ2) is 7.70. The number of quaternary nitrogens is 1. The van der Waals surface area contributed by atoms with Crippen molar-refractivity contribution in [3.63, 3.8) is 0 Å². The third kappa shape index (κ3) is 3.44. The van der Waals surface area contributed by atoms with E-state index in [0.717, 1.165) is 35.8 Å². The van der Waals surface area contributed by atoms with Gasteiger partial charge in [0.2, 0.25) is 0 Å². The quantitative estimate of drug-likeness (QED) is 0.704. The summed E-state index contributed by atoms with van der Waals surface area (Å²) in [6.45, 7) is 3.23. The fourth-order valence-electron chi connectivity index (χ4n) is 3.92. The van der Waals surface area contributed by atoms with Gasteiger partial charge in [0.15, 0.2) is 6.04 Å². The van der Waals surface area contributed by atoms with Crippen LogP contribution in [0.25, 0.3) is 10.8 Å². The Morgan fingerprint density at radius 3 is 2.85 bits per heavy atom. The molecule has 1 aliphatic rings. The van der Waals surface area contributed by atoms with E-state index in [2.05, 4.69) is 23.2 Å². The van der Waals surface area contributed by atoms with E-state index in [1.54, 1.807) is 25.6 Å². The third-order valence-corrected chi connectivity index (χ3v) is 6.18. The van der Waals surface area contributed by atoms with E-state index < -0.39 is 0 Å². The van der Waals surface area contributed by atoms with Gasteiger partial charge in [0, 0.05) is 18.9 Å². The molecule has 4 rings (SSSR count). The Bertz CT molecular complexity index is 894. The Morgan fingerprint density at radius 1 is 1.22 bits per heavy atom. The smallest absolute Gasteiger partial charge is 0.274 e. The number of methoxy groups -OCH3 is 2. The number of thiophene rings is 1. The molecule has 0 aliphatic carbocycles. The average molecular weight is 386 g/mol. The maximum atomic E-state index is 6.00. The molecule has 3 aromatic rings. The van der Waals surface area contributed by atoms with Crippen LogP contribution in [0.15, 0.2) is 40.1 Å². The van der Waals surface area contributed by atoms with Crippen LogP contribution in [0.3, 0.4) is 0 Å². The van der Waals surface area contributed by atoms with E-state index in [1.807, 2.05) is 29.6 Å². The van der Waals surface area contributed by atoms with Crippen molar-refractivity contribution < 1.29 is 18.8 Å². The molecule has 1 aliphatic heterocycles. The lowest BCUT2D eigenvalue weighted by Crippen LogP contribution is -3.10. The molecule has 3 heterocycles. The number of ether oxygens (including phenoxy) is 2. The summed E-state index contributed by atoms with van der Waals surface area (Å²) in [5.41, 5.74) is 1.20. The first-order valence-corrected chi connectivity index (χ1v) is 10.0. The molecule has 2 aromatic heterocycles. The summed E-state index contributed by atoms with van der Waals surface area (Å²) in [4.78, 5) is 2.44. The van der Waals surface area contributed by atoms with Gasteiger partial charge >= 0.3 is 0 Å². The molecule has 0 saturated carbocycles. The molecule has 0 bridgehead atoms. The molecule has 0 radical (unpaired) electrons. The summed E-state index contributed by atoms with van der Waals surface area (Å²) < 4.78 is 17.0. The lowest BCUT2D eigenvalue weighted by molar-refractivity contribution is -0.948. The number of hydrogen-bond acceptors (Lipinski definition) is 6. The summed E-state index contributed by atoms with van der Waals surface area (Å²) in [5, 5.41) is 10.6. The normalized spacial score (nSPS) is 20.6. The minimum atomic E-state index is 0.116. The van der Waals surface area contributed by atoms with Gasteiger partial charge in [-0.15, -0.1) is 21.5 Å². The lowest BCUT2D eigenvalue weighted by atomic mass is 10.0. The van der Waals surface area contributed by atoms with Crippen molar-refractivity contribution in [1.29, 1.82) is 0 Å². The van der Waals surface area contributed by atoms with E-state index in [1.165, 1.54) is 10.5 Å². The second-order valence-electron chi connectivity index (χ2n) is 6.77. The second-order valence-corrected chi connectivity index (χ2v) is 7.72. The number of benzene rings is 1. The Balaban J connectivity index is 1.60. The van der Waals surface area contributed by atoms with Crippen LogP contribution in [0.4, 0.5) is 0 Å². The molecule has 3 atom stereocenters. The highest BCUT2D eigenvalue weighted by Gasteiger charge is 2.38. The first kappa shape index (κ1) is 18.0. The van der Waals surface area contributed by atoms with Crippen LogP contribution in [-0.2, 0) is 0 Å². The van der Waals surface area contributed by atoms with Crippen LogP contribution in [0.5, 0.6) is 11.5 Å². The Kier molecular flexibility index (Phi) is 5.13. The minimum Gasteiger partial charge on any atom is -0.497 e. The Labute approximate surface area is 162 Å². The van der Waals surface area contributed by atoms with Crippen molar-refractivity contribution in [2.24, 2.45) is 0 Å². The van der Waals surface area contributed by atoms with Crippen LogP contribution in [-0.4, -0.2) is 31.0 Å². The van der Waals surface area contributed by atoms with Crippen molar-refractivity contribution in [3.8, 4) is 22.3 Å². The van der Waals surface area contributed by atoms with Crippen molar-refractivity contribution in [3.05, 3.63) is 47.2 Å². The zero-order valence-electron chi connectivity index (χ0n) is 15.8. The number of aromatic nitrogens is 2. The number of likely N-dealkylation sites (tertiary alicyclic amines) is 1. The molecule has 1 unspecified atom stereocenters. The zero-order valence-corrected chi connectivity index (χ0v) is 16.6. The van der Waals surface area contributed by atoms with Gasteiger partial charge < -0.3 is 18.8 Å². The molecule has 1 N–H and O–H groups in total. The largest absolute Gasteiger partial charge is 0.497 e. The third-order valence-electron chi connectivity index (χ3n) is 5.32. The van der Waals surface area contributed by atoms with Crippen molar-refractivity contribution in [2.45, 2.75) is 31.8 Å². The number of nitrogens with zero attached hydrogens (tertiary/aromatic N) is 2. The predicted molar refractivity (Wildman–Crippen MR) is 103 cm³/mol. The van der Waals surface area contributed by atoms with Crippen LogP contribution in [0.2, 0.25) is 0 Å². The van der Waals surface area contributed by atoms with Crippen LogP contribution in [0, 0.1) is 0 Å². The first-order chi connectivity index (χ1) is 13.2. The SMILES string of the molecule is COc1ccc([C@H]2CCC[NH+]2[C@@H](C)c2nnc(-c3cccs3)o2)c(OC)c1. The van der Waals surface area contributed by atoms with Crippen molar-refractivity contribution in [1.82, 2.24) is 10.2 Å². The Hall–Kier alpha value is -2.38. The van der Waals surface area contributed by atoms with Gasteiger partial charge in [-0.2, -0.15) is 0 Å². The van der Waals surface area contributed by atoms with E-state index in [-0.39, 0.29) is 6.04 Å². The molecule has 1 fully saturated rings. The standard InChI is InChI=1S/C20H23N3O3S/c1-13(19-21-22-20(26-19)18-7-5-11-27-18)23-10-4-6-16(23)15-9-8-14(24-2)12-17(15)25-3/h5,7-9,11-13,16H,4,6,10H2,1-3H3/p+1/t13-,16+/m0/s1. The summed E-state index contributed by atoms with van der Waals surface area (Å²) in [5.74, 6) is 2.97. The van der Waals surface area contributed by atoms with Gasteiger partial charge in [0.1, 0.15) is 17.5 Å². The molecule has 7 heteroatoms. The van der Waals surface area contributed by atoms with Crippen LogP contribution in [0.1, 0.15) is 43.3 Å². The van der Waals surface area contributed by atoms with Crippen molar-refractivity contribution >= 4 is 11.3 Å². The highest BCUT2D eigenvalue weighted by molar-refractivity contribution is 7.13. The predicted octanol–water partition coefficient (Wildman–Crippen LogP) is 3.30. The van der Waals surface area contributed by atoms with Crippen LogP contribution >= 0.6 is 11.3 Å². The van der Waals surface area contributed by atoms with Gasteiger partial charge in [0.05, 0.1) is 31.2 Å². The maximum Gasteiger partial charge on any atom is 0.274 e. The minimum absolute atomic E-state index is 0.116. The monoisotopic (exact) mass is 386 g/mol. The van der Waals surface area contributed by atoms with E-state index in [9.17, 15) is 0 Å². The van der Waals surface area contributed by atoms with Crippen molar-refractivity contribution in [2.75, 3.05) is 20.8 Å². The molecule has 0 amide bonds. The maximum absolute atomic E-state index is 6.00. The molecule has 1 saturated heterocycles. The molecule has 6 nitrogen and oxygen atoms in total. The van der Waals surface area contributed by atoms with E-state index in [0.29, 0.717) is 17.8 Å². The molecule has 0 spiro atoms. The summed E-state index contributed by atoms with van der Waals surface area (Å²) in [6, 6.07) is 10.5. The first-order valence-electron chi connectivity index (χ1n) is 9.16. The summed E-state index contributed by atoms with van der Waals surface area (Å²) >= 11 is 1.61. The number of rotatable bonds is 6. The summed E-state index contributed by atoms with van der Waals surface area (Å²) in [6.07, 6.45) is 2.26. The topological polar surface area (TPSA) is 61.8 Å². The van der Waals surface area contributed by atoms with Gasteiger partial charge in [-0.3, -0.25) is 0 Å².